The minimum atomic E-state index is -0.904. The molecule has 0 saturated heterocycles. The van der Waals surface area contributed by atoms with Gasteiger partial charge in [-0.1, -0.05) is 42.5 Å². The Morgan fingerprint density at radius 1 is 1.00 bits per heavy atom. The van der Waals surface area contributed by atoms with Crippen LogP contribution in [-0.2, 0) is 11.3 Å². The predicted octanol–water partition coefficient (Wildman–Crippen LogP) is 3.18. The van der Waals surface area contributed by atoms with Gasteiger partial charge >= 0.3 is 0 Å². The van der Waals surface area contributed by atoms with Crippen LogP contribution in [-0.4, -0.2) is 6.61 Å². The van der Waals surface area contributed by atoms with E-state index < -0.39 is 17.7 Å². The fourth-order valence-electron chi connectivity index (χ4n) is 1.77. The Labute approximate surface area is 110 Å². The average molecular weight is 263 g/mol. The summed E-state index contributed by atoms with van der Waals surface area (Å²) in [7, 11) is 0. The third kappa shape index (κ3) is 3.59. The average Bonchev–Trinajstić information content (AvgIpc) is 2.43. The van der Waals surface area contributed by atoms with Crippen LogP contribution >= 0.6 is 0 Å². The van der Waals surface area contributed by atoms with Crippen molar-refractivity contribution >= 4 is 0 Å². The van der Waals surface area contributed by atoms with Crippen LogP contribution in [0.1, 0.15) is 17.2 Å². The lowest BCUT2D eigenvalue weighted by molar-refractivity contribution is 0.107. The third-order valence-electron chi connectivity index (χ3n) is 2.79. The van der Waals surface area contributed by atoms with Gasteiger partial charge in [0.05, 0.1) is 19.3 Å². The van der Waals surface area contributed by atoms with Gasteiger partial charge in [-0.3, -0.25) is 0 Å². The highest BCUT2D eigenvalue weighted by atomic mass is 19.2. The zero-order valence-corrected chi connectivity index (χ0v) is 10.4. The summed E-state index contributed by atoms with van der Waals surface area (Å²) >= 11 is 0. The predicted molar refractivity (Wildman–Crippen MR) is 69.4 cm³/mol. The van der Waals surface area contributed by atoms with Crippen LogP contribution in [0.15, 0.2) is 48.5 Å². The van der Waals surface area contributed by atoms with Crippen LogP contribution in [0.4, 0.5) is 8.78 Å². The number of benzene rings is 2. The second-order valence-electron chi connectivity index (χ2n) is 4.25. The van der Waals surface area contributed by atoms with Crippen molar-refractivity contribution in [3.05, 3.63) is 71.3 Å². The molecule has 0 aliphatic heterocycles. The van der Waals surface area contributed by atoms with E-state index in [9.17, 15) is 8.78 Å². The third-order valence-corrected chi connectivity index (χ3v) is 2.79. The van der Waals surface area contributed by atoms with Gasteiger partial charge < -0.3 is 10.5 Å². The first kappa shape index (κ1) is 13.6. The van der Waals surface area contributed by atoms with Gasteiger partial charge in [-0.05, 0) is 11.6 Å². The quantitative estimate of drug-likeness (QED) is 0.899. The van der Waals surface area contributed by atoms with Crippen LogP contribution in [0.5, 0.6) is 0 Å². The van der Waals surface area contributed by atoms with Gasteiger partial charge in [0.25, 0.3) is 0 Å². The maximum atomic E-state index is 13.5. The molecule has 2 nitrogen and oxygen atoms in total. The number of hydrogen-bond donors (Lipinski definition) is 1. The molecule has 0 aliphatic rings. The van der Waals surface area contributed by atoms with Gasteiger partial charge in [-0.2, -0.15) is 0 Å². The topological polar surface area (TPSA) is 35.2 Å². The first-order valence-electron chi connectivity index (χ1n) is 5.99. The van der Waals surface area contributed by atoms with E-state index in [1.165, 1.54) is 12.1 Å². The Morgan fingerprint density at radius 3 is 2.47 bits per heavy atom. The second-order valence-corrected chi connectivity index (χ2v) is 4.25. The molecule has 0 spiro atoms. The van der Waals surface area contributed by atoms with Gasteiger partial charge in [0.2, 0.25) is 0 Å². The van der Waals surface area contributed by atoms with Crippen molar-refractivity contribution in [3.8, 4) is 0 Å². The monoisotopic (exact) mass is 263 g/mol. The standard InChI is InChI=1S/C15H15F2NO/c16-13-8-4-7-12(15(13)17)14(18)10-19-9-11-5-2-1-3-6-11/h1-8,14H,9-10,18H2. The van der Waals surface area contributed by atoms with Gasteiger partial charge in [-0.25, -0.2) is 8.78 Å². The van der Waals surface area contributed by atoms with E-state index in [0.717, 1.165) is 11.6 Å². The summed E-state index contributed by atoms with van der Waals surface area (Å²) in [5.74, 6) is -1.80. The van der Waals surface area contributed by atoms with Crippen molar-refractivity contribution in [1.82, 2.24) is 0 Å². The Kier molecular flexibility index (Phi) is 4.60. The lowest BCUT2D eigenvalue weighted by Crippen LogP contribution is -2.19. The Morgan fingerprint density at radius 2 is 1.74 bits per heavy atom. The number of rotatable bonds is 5. The molecule has 1 atom stereocenters. The fraction of sp³-hybridized carbons (Fsp3) is 0.200. The second kappa shape index (κ2) is 6.41. The molecule has 4 heteroatoms. The minimum Gasteiger partial charge on any atom is -0.375 e. The first-order valence-corrected chi connectivity index (χ1v) is 5.99. The molecule has 2 aromatic rings. The Balaban J connectivity index is 1.91. The molecule has 0 amide bonds. The molecule has 1 unspecified atom stereocenters. The molecular formula is C15H15F2NO. The SMILES string of the molecule is NC(COCc1ccccc1)c1cccc(F)c1F. The lowest BCUT2D eigenvalue weighted by atomic mass is 10.1. The van der Waals surface area contributed by atoms with Crippen molar-refractivity contribution in [2.24, 2.45) is 5.73 Å². The minimum absolute atomic E-state index is 0.132. The molecule has 0 saturated carbocycles. The van der Waals surface area contributed by atoms with Crippen LogP contribution in [0.25, 0.3) is 0 Å². The lowest BCUT2D eigenvalue weighted by Gasteiger charge is -2.13. The molecule has 2 N–H and O–H groups in total. The Hall–Kier alpha value is -1.78. The first-order chi connectivity index (χ1) is 9.18. The summed E-state index contributed by atoms with van der Waals surface area (Å²) in [4.78, 5) is 0. The molecule has 2 aromatic carbocycles. The van der Waals surface area contributed by atoms with Gasteiger partial charge in [0.15, 0.2) is 11.6 Å². The van der Waals surface area contributed by atoms with Crippen LogP contribution in [0.2, 0.25) is 0 Å². The van der Waals surface area contributed by atoms with E-state index in [-0.39, 0.29) is 12.2 Å². The van der Waals surface area contributed by atoms with Crippen LogP contribution in [0.3, 0.4) is 0 Å². The summed E-state index contributed by atoms with van der Waals surface area (Å²) in [6.45, 7) is 0.529. The number of nitrogens with two attached hydrogens (primary N) is 1. The molecule has 2 rings (SSSR count). The van der Waals surface area contributed by atoms with E-state index in [4.69, 9.17) is 10.5 Å². The summed E-state index contributed by atoms with van der Waals surface area (Å²) in [5, 5.41) is 0. The van der Waals surface area contributed by atoms with Crippen LogP contribution < -0.4 is 5.73 Å². The number of hydrogen-bond acceptors (Lipinski definition) is 2. The molecule has 0 aromatic heterocycles. The van der Waals surface area contributed by atoms with E-state index in [1.54, 1.807) is 0 Å². The fourth-order valence-corrected chi connectivity index (χ4v) is 1.77. The summed E-state index contributed by atoms with van der Waals surface area (Å²) in [5.41, 5.74) is 6.94. The zero-order chi connectivity index (χ0) is 13.7. The van der Waals surface area contributed by atoms with E-state index in [0.29, 0.717) is 6.61 Å². The maximum Gasteiger partial charge on any atom is 0.163 e. The smallest absolute Gasteiger partial charge is 0.163 e. The highest BCUT2D eigenvalue weighted by Gasteiger charge is 2.14. The molecule has 100 valence electrons. The van der Waals surface area contributed by atoms with Gasteiger partial charge in [-0.15, -0.1) is 0 Å². The largest absolute Gasteiger partial charge is 0.375 e. The molecule has 0 fully saturated rings. The van der Waals surface area contributed by atoms with E-state index in [2.05, 4.69) is 0 Å². The van der Waals surface area contributed by atoms with E-state index in [1.807, 2.05) is 30.3 Å². The zero-order valence-electron chi connectivity index (χ0n) is 10.4. The molecule has 0 bridgehead atoms. The van der Waals surface area contributed by atoms with Crippen molar-refractivity contribution < 1.29 is 13.5 Å². The summed E-state index contributed by atoms with van der Waals surface area (Å²) in [6, 6.07) is 12.9. The molecule has 0 radical (unpaired) electrons. The van der Waals surface area contributed by atoms with Crippen molar-refractivity contribution in [2.75, 3.05) is 6.61 Å². The van der Waals surface area contributed by atoms with Gasteiger partial charge in [0, 0.05) is 5.56 Å². The molecule has 0 heterocycles. The molecular weight excluding hydrogens is 248 g/mol. The number of ether oxygens (including phenoxy) is 1. The van der Waals surface area contributed by atoms with E-state index >= 15 is 0 Å². The Bertz CT molecular complexity index is 531. The summed E-state index contributed by atoms with van der Waals surface area (Å²) < 4.78 is 32.0. The number of halogens is 2. The van der Waals surface area contributed by atoms with Crippen molar-refractivity contribution in [2.45, 2.75) is 12.6 Å². The van der Waals surface area contributed by atoms with Crippen molar-refractivity contribution in [3.63, 3.8) is 0 Å². The van der Waals surface area contributed by atoms with Crippen molar-refractivity contribution in [1.29, 1.82) is 0 Å². The maximum absolute atomic E-state index is 13.5. The summed E-state index contributed by atoms with van der Waals surface area (Å²) in [6.07, 6.45) is 0. The van der Waals surface area contributed by atoms with Crippen LogP contribution in [0, 0.1) is 11.6 Å². The molecule has 19 heavy (non-hydrogen) atoms. The highest BCUT2D eigenvalue weighted by molar-refractivity contribution is 5.22. The highest BCUT2D eigenvalue weighted by Crippen LogP contribution is 2.18. The van der Waals surface area contributed by atoms with Gasteiger partial charge in [0.1, 0.15) is 0 Å². The normalized spacial score (nSPS) is 12.4. The molecule has 0 aliphatic carbocycles.